The highest BCUT2D eigenvalue weighted by atomic mass is 32.2. The van der Waals surface area contributed by atoms with Gasteiger partial charge in [0.1, 0.15) is 0 Å². The van der Waals surface area contributed by atoms with Gasteiger partial charge in [0.2, 0.25) is 10.0 Å². The van der Waals surface area contributed by atoms with Crippen molar-refractivity contribution in [2.24, 2.45) is 5.73 Å². The van der Waals surface area contributed by atoms with E-state index < -0.39 is 10.0 Å². The predicted octanol–water partition coefficient (Wildman–Crippen LogP) is 1.61. The molecule has 0 spiro atoms. The minimum atomic E-state index is -3.49. The van der Waals surface area contributed by atoms with Crippen LogP contribution < -0.4 is 10.5 Å². The Morgan fingerprint density at radius 2 is 2.10 bits per heavy atom. The third-order valence-electron chi connectivity index (χ3n) is 3.93. The zero-order valence-corrected chi connectivity index (χ0v) is 13.5. The Hall–Kier alpha value is -0.950. The molecule has 21 heavy (non-hydrogen) atoms. The summed E-state index contributed by atoms with van der Waals surface area (Å²) in [7, 11) is -3.49. The number of benzene rings is 1. The van der Waals surface area contributed by atoms with E-state index in [1.54, 1.807) is 6.07 Å². The second kappa shape index (κ2) is 6.87. The molecule has 1 heterocycles. The van der Waals surface area contributed by atoms with Crippen LogP contribution in [0.5, 0.6) is 0 Å². The van der Waals surface area contributed by atoms with E-state index in [0.29, 0.717) is 24.4 Å². The molecule has 1 aliphatic rings. The summed E-state index contributed by atoms with van der Waals surface area (Å²) in [4.78, 5) is 0.320. The standard InChI is InChI=1S/C15H24N2O3S/c1-11-8-12(2)15(9-13(11)10-16)21(18,19)17-6-5-14-4-3-7-20-14/h8-9,14,17H,3-7,10,16H2,1-2H3. The van der Waals surface area contributed by atoms with Crippen LogP contribution in [0, 0.1) is 13.8 Å². The predicted molar refractivity (Wildman–Crippen MR) is 82.6 cm³/mol. The fourth-order valence-corrected chi connectivity index (χ4v) is 4.01. The number of hydrogen-bond donors (Lipinski definition) is 2. The molecule has 5 nitrogen and oxygen atoms in total. The van der Waals surface area contributed by atoms with Gasteiger partial charge in [-0.25, -0.2) is 13.1 Å². The van der Waals surface area contributed by atoms with Crippen LogP contribution in [-0.2, 0) is 21.3 Å². The summed E-state index contributed by atoms with van der Waals surface area (Å²) >= 11 is 0. The molecule has 118 valence electrons. The van der Waals surface area contributed by atoms with Gasteiger partial charge in [-0.1, -0.05) is 6.07 Å². The van der Waals surface area contributed by atoms with E-state index in [1.807, 2.05) is 19.9 Å². The smallest absolute Gasteiger partial charge is 0.240 e. The van der Waals surface area contributed by atoms with E-state index >= 15 is 0 Å². The van der Waals surface area contributed by atoms with Crippen LogP contribution in [0.1, 0.15) is 36.0 Å². The summed E-state index contributed by atoms with van der Waals surface area (Å²) in [6.45, 7) is 5.27. The zero-order chi connectivity index (χ0) is 15.5. The van der Waals surface area contributed by atoms with Gasteiger partial charge >= 0.3 is 0 Å². The highest BCUT2D eigenvalue weighted by Gasteiger charge is 2.20. The minimum absolute atomic E-state index is 0.186. The molecule has 0 saturated carbocycles. The average Bonchev–Trinajstić information content (AvgIpc) is 2.91. The van der Waals surface area contributed by atoms with Gasteiger partial charge in [-0.2, -0.15) is 0 Å². The Balaban J connectivity index is 2.07. The van der Waals surface area contributed by atoms with Crippen LogP contribution in [0.4, 0.5) is 0 Å². The van der Waals surface area contributed by atoms with Crippen molar-refractivity contribution in [1.29, 1.82) is 0 Å². The Bertz CT molecular complexity index is 593. The molecule has 1 unspecified atom stereocenters. The Kier molecular flexibility index (Phi) is 5.37. The lowest BCUT2D eigenvalue weighted by Crippen LogP contribution is -2.28. The molecule has 1 fully saturated rings. The normalized spacial score (nSPS) is 19.1. The van der Waals surface area contributed by atoms with E-state index in [0.717, 1.165) is 36.1 Å². The zero-order valence-electron chi connectivity index (χ0n) is 12.7. The van der Waals surface area contributed by atoms with Gasteiger partial charge in [-0.05, 0) is 55.9 Å². The molecule has 0 aliphatic carbocycles. The second-order valence-electron chi connectivity index (χ2n) is 5.57. The van der Waals surface area contributed by atoms with Gasteiger partial charge in [-0.15, -0.1) is 0 Å². The van der Waals surface area contributed by atoms with Crippen LogP contribution in [0.15, 0.2) is 17.0 Å². The van der Waals surface area contributed by atoms with Crippen LogP contribution in [-0.4, -0.2) is 27.7 Å². The molecule has 6 heteroatoms. The molecule has 1 atom stereocenters. The molecule has 0 radical (unpaired) electrons. The molecule has 2 rings (SSSR count). The molecular formula is C15H24N2O3S. The van der Waals surface area contributed by atoms with E-state index in [4.69, 9.17) is 10.5 Å². The minimum Gasteiger partial charge on any atom is -0.378 e. The highest BCUT2D eigenvalue weighted by molar-refractivity contribution is 7.89. The maximum atomic E-state index is 12.4. The average molecular weight is 312 g/mol. The topological polar surface area (TPSA) is 81.4 Å². The van der Waals surface area contributed by atoms with Gasteiger partial charge in [0.05, 0.1) is 11.0 Å². The monoisotopic (exact) mass is 312 g/mol. The quantitative estimate of drug-likeness (QED) is 0.836. The summed E-state index contributed by atoms with van der Waals surface area (Å²) in [5, 5.41) is 0. The number of nitrogens with one attached hydrogen (secondary N) is 1. The summed E-state index contributed by atoms with van der Waals surface area (Å²) in [6.07, 6.45) is 2.98. The lowest BCUT2D eigenvalue weighted by molar-refractivity contribution is 0.105. The summed E-state index contributed by atoms with van der Waals surface area (Å²) < 4.78 is 33.0. The highest BCUT2D eigenvalue weighted by Crippen LogP contribution is 2.21. The third kappa shape index (κ3) is 4.03. The number of sulfonamides is 1. The van der Waals surface area contributed by atoms with Gasteiger partial charge in [-0.3, -0.25) is 0 Å². The SMILES string of the molecule is Cc1cc(C)c(S(=O)(=O)NCCC2CCCO2)cc1CN. The molecular weight excluding hydrogens is 288 g/mol. The first-order valence-corrected chi connectivity index (χ1v) is 8.84. The van der Waals surface area contributed by atoms with Crippen molar-refractivity contribution in [3.05, 3.63) is 28.8 Å². The second-order valence-corrected chi connectivity index (χ2v) is 7.31. The maximum absolute atomic E-state index is 12.4. The van der Waals surface area contributed by atoms with Gasteiger partial charge in [0.15, 0.2) is 0 Å². The van der Waals surface area contributed by atoms with Crippen molar-refractivity contribution in [3.63, 3.8) is 0 Å². The first-order chi connectivity index (χ1) is 9.94. The summed E-state index contributed by atoms with van der Waals surface area (Å²) in [5.41, 5.74) is 8.29. The molecule has 0 bridgehead atoms. The van der Waals surface area contributed by atoms with Gasteiger partial charge in [0.25, 0.3) is 0 Å². The maximum Gasteiger partial charge on any atom is 0.240 e. The number of aryl methyl sites for hydroxylation is 2. The van der Waals surface area contributed by atoms with E-state index in [9.17, 15) is 8.42 Å². The molecule has 3 N–H and O–H groups in total. The third-order valence-corrected chi connectivity index (χ3v) is 5.53. The number of ether oxygens (including phenoxy) is 1. The molecule has 1 aliphatic heterocycles. The van der Waals surface area contributed by atoms with Crippen LogP contribution >= 0.6 is 0 Å². The van der Waals surface area contributed by atoms with Crippen LogP contribution in [0.25, 0.3) is 0 Å². The lowest BCUT2D eigenvalue weighted by Gasteiger charge is -2.14. The van der Waals surface area contributed by atoms with Crippen LogP contribution in [0.3, 0.4) is 0 Å². The Morgan fingerprint density at radius 3 is 2.71 bits per heavy atom. The molecule has 1 aromatic rings. The Morgan fingerprint density at radius 1 is 1.33 bits per heavy atom. The largest absolute Gasteiger partial charge is 0.378 e. The van der Waals surface area contributed by atoms with E-state index in [1.165, 1.54) is 0 Å². The summed E-state index contributed by atoms with van der Waals surface area (Å²) in [5.74, 6) is 0. The molecule has 1 saturated heterocycles. The van der Waals surface area contributed by atoms with E-state index in [-0.39, 0.29) is 6.10 Å². The van der Waals surface area contributed by atoms with Crippen molar-refractivity contribution in [3.8, 4) is 0 Å². The first-order valence-electron chi connectivity index (χ1n) is 7.35. The fraction of sp³-hybridized carbons (Fsp3) is 0.600. The van der Waals surface area contributed by atoms with Crippen molar-refractivity contribution in [1.82, 2.24) is 4.72 Å². The lowest BCUT2D eigenvalue weighted by atomic mass is 10.1. The van der Waals surface area contributed by atoms with Crippen molar-refractivity contribution < 1.29 is 13.2 Å². The van der Waals surface area contributed by atoms with Gasteiger partial charge < -0.3 is 10.5 Å². The molecule has 0 aromatic heterocycles. The van der Waals surface area contributed by atoms with Crippen molar-refractivity contribution in [2.45, 2.75) is 50.7 Å². The molecule has 0 amide bonds. The first kappa shape index (κ1) is 16.4. The molecule has 1 aromatic carbocycles. The summed E-state index contributed by atoms with van der Waals surface area (Å²) in [6, 6.07) is 3.55. The van der Waals surface area contributed by atoms with Crippen LogP contribution in [0.2, 0.25) is 0 Å². The number of nitrogens with two attached hydrogens (primary N) is 1. The Labute approximate surface area is 126 Å². The van der Waals surface area contributed by atoms with E-state index in [2.05, 4.69) is 4.72 Å². The number of rotatable bonds is 6. The van der Waals surface area contributed by atoms with Crippen molar-refractivity contribution in [2.75, 3.05) is 13.2 Å². The van der Waals surface area contributed by atoms with Gasteiger partial charge in [0, 0.05) is 19.7 Å². The number of hydrogen-bond acceptors (Lipinski definition) is 4. The van der Waals surface area contributed by atoms with Crippen molar-refractivity contribution >= 4 is 10.0 Å². The fourth-order valence-electron chi connectivity index (χ4n) is 2.69.